The number of carbonyl (C=O) groups excluding carboxylic acids is 1. The average molecular weight is 341 g/mol. The first-order chi connectivity index (χ1) is 11.8. The van der Waals surface area contributed by atoms with E-state index in [-0.39, 0.29) is 5.91 Å². The van der Waals surface area contributed by atoms with E-state index in [1.54, 1.807) is 11.8 Å². The molecule has 4 rings (SSSR count). The van der Waals surface area contributed by atoms with Crippen molar-refractivity contribution in [1.29, 1.82) is 0 Å². The van der Waals surface area contributed by atoms with Gasteiger partial charge in [-0.3, -0.25) is 4.79 Å². The van der Waals surface area contributed by atoms with E-state index in [4.69, 9.17) is 0 Å². The number of amides is 1. The van der Waals surface area contributed by atoms with E-state index in [1.807, 2.05) is 18.2 Å². The molecule has 0 unspecified atom stereocenters. The number of nitrogens with zero attached hydrogens (tertiary/aromatic N) is 4. The minimum absolute atomic E-state index is 0.0940. The Morgan fingerprint density at radius 2 is 2.17 bits per heavy atom. The Hall–Kier alpha value is -2.28. The monoisotopic (exact) mass is 341 g/mol. The number of benzene rings is 1. The Kier molecular flexibility index (Phi) is 4.25. The van der Waals surface area contributed by atoms with Crippen LogP contribution in [0.1, 0.15) is 54.3 Å². The molecular formula is C17H19N5OS. The summed E-state index contributed by atoms with van der Waals surface area (Å²) in [7, 11) is 0. The molecule has 0 bridgehead atoms. The molecule has 6 nitrogen and oxygen atoms in total. The van der Waals surface area contributed by atoms with Crippen LogP contribution in [0.4, 0.5) is 0 Å². The lowest BCUT2D eigenvalue weighted by molar-refractivity contribution is 0.0949. The highest BCUT2D eigenvalue weighted by molar-refractivity contribution is 7.16. The van der Waals surface area contributed by atoms with Gasteiger partial charge in [-0.05, 0) is 31.0 Å². The SMILES string of the molecule is O=C(NCc1nncn1C1CCCCC1)c1ccc2ncsc2c1. The zero-order valence-corrected chi connectivity index (χ0v) is 14.1. The fourth-order valence-electron chi connectivity index (χ4n) is 3.31. The van der Waals surface area contributed by atoms with Gasteiger partial charge in [0.25, 0.3) is 5.91 Å². The first-order valence-electron chi connectivity index (χ1n) is 8.31. The quantitative estimate of drug-likeness (QED) is 0.790. The van der Waals surface area contributed by atoms with Gasteiger partial charge in [0.2, 0.25) is 0 Å². The van der Waals surface area contributed by atoms with Crippen LogP contribution in [0.3, 0.4) is 0 Å². The lowest BCUT2D eigenvalue weighted by Crippen LogP contribution is -2.26. The number of aromatic nitrogens is 4. The van der Waals surface area contributed by atoms with Gasteiger partial charge < -0.3 is 9.88 Å². The topological polar surface area (TPSA) is 72.7 Å². The van der Waals surface area contributed by atoms with Crippen LogP contribution in [-0.2, 0) is 6.54 Å². The van der Waals surface area contributed by atoms with Gasteiger partial charge in [0.05, 0.1) is 22.3 Å². The third kappa shape index (κ3) is 3.03. The van der Waals surface area contributed by atoms with Gasteiger partial charge in [0.15, 0.2) is 5.82 Å². The van der Waals surface area contributed by atoms with Crippen molar-refractivity contribution < 1.29 is 4.79 Å². The minimum atomic E-state index is -0.0940. The third-order valence-electron chi connectivity index (χ3n) is 4.62. The van der Waals surface area contributed by atoms with Crippen LogP contribution in [0.2, 0.25) is 0 Å². The van der Waals surface area contributed by atoms with Crippen LogP contribution in [0.15, 0.2) is 30.0 Å². The second-order valence-electron chi connectivity index (χ2n) is 6.16. The average Bonchev–Trinajstić information content (AvgIpc) is 3.28. The maximum Gasteiger partial charge on any atom is 0.251 e. The molecule has 3 aromatic rings. The van der Waals surface area contributed by atoms with Crippen molar-refractivity contribution >= 4 is 27.5 Å². The standard InChI is InChI=1S/C17H19N5OS/c23-17(12-6-7-14-15(8-12)24-11-19-14)18-9-16-21-20-10-22(16)13-4-2-1-3-5-13/h6-8,10-11,13H,1-5,9H2,(H,18,23). The van der Waals surface area contributed by atoms with E-state index in [0.29, 0.717) is 18.2 Å². The van der Waals surface area contributed by atoms with Crippen LogP contribution in [0, 0.1) is 0 Å². The molecule has 7 heteroatoms. The van der Waals surface area contributed by atoms with Crippen LogP contribution in [-0.4, -0.2) is 25.7 Å². The predicted molar refractivity (Wildman–Crippen MR) is 92.9 cm³/mol. The second kappa shape index (κ2) is 6.68. The van der Waals surface area contributed by atoms with Crippen molar-refractivity contribution in [3.05, 3.63) is 41.4 Å². The number of thiazole rings is 1. The Bertz CT molecular complexity index is 849. The fourth-order valence-corrected chi connectivity index (χ4v) is 4.03. The lowest BCUT2D eigenvalue weighted by Gasteiger charge is -2.24. The molecule has 2 heterocycles. The summed E-state index contributed by atoms with van der Waals surface area (Å²) < 4.78 is 3.15. The van der Waals surface area contributed by atoms with Crippen LogP contribution in [0.25, 0.3) is 10.2 Å². The molecule has 0 aliphatic heterocycles. The maximum atomic E-state index is 12.4. The molecule has 1 saturated carbocycles. The molecular weight excluding hydrogens is 322 g/mol. The van der Waals surface area contributed by atoms with Gasteiger partial charge in [0, 0.05) is 11.6 Å². The zero-order valence-electron chi connectivity index (χ0n) is 13.3. The van der Waals surface area contributed by atoms with Crippen LogP contribution in [0.5, 0.6) is 0 Å². The number of rotatable bonds is 4. The van der Waals surface area contributed by atoms with Crippen molar-refractivity contribution in [2.24, 2.45) is 0 Å². The predicted octanol–water partition coefficient (Wildman–Crippen LogP) is 3.32. The summed E-state index contributed by atoms with van der Waals surface area (Å²) in [5, 5.41) is 11.2. The summed E-state index contributed by atoms with van der Waals surface area (Å²) in [6.07, 6.45) is 7.95. The van der Waals surface area contributed by atoms with Gasteiger partial charge in [0.1, 0.15) is 6.33 Å². The molecule has 1 N–H and O–H groups in total. The van der Waals surface area contributed by atoms with Gasteiger partial charge in [-0.2, -0.15) is 0 Å². The molecule has 0 radical (unpaired) electrons. The Balaban J connectivity index is 1.44. The zero-order chi connectivity index (χ0) is 16.4. The number of hydrogen-bond acceptors (Lipinski definition) is 5. The third-order valence-corrected chi connectivity index (χ3v) is 5.41. The largest absolute Gasteiger partial charge is 0.345 e. The molecule has 1 amide bonds. The molecule has 1 aromatic carbocycles. The molecule has 124 valence electrons. The molecule has 1 aliphatic carbocycles. The summed E-state index contributed by atoms with van der Waals surface area (Å²) in [6, 6.07) is 6.04. The van der Waals surface area contributed by atoms with Crippen molar-refractivity contribution in [2.45, 2.75) is 44.7 Å². The highest BCUT2D eigenvalue weighted by Gasteiger charge is 2.19. The second-order valence-corrected chi connectivity index (χ2v) is 7.05. The normalized spacial score (nSPS) is 15.7. The van der Waals surface area contributed by atoms with E-state index in [1.165, 1.54) is 43.4 Å². The van der Waals surface area contributed by atoms with E-state index < -0.39 is 0 Å². The van der Waals surface area contributed by atoms with Gasteiger partial charge in [-0.1, -0.05) is 19.3 Å². The first kappa shape index (κ1) is 15.3. The molecule has 0 spiro atoms. The molecule has 0 atom stereocenters. The number of hydrogen-bond donors (Lipinski definition) is 1. The molecule has 24 heavy (non-hydrogen) atoms. The minimum Gasteiger partial charge on any atom is -0.345 e. The highest BCUT2D eigenvalue weighted by Crippen LogP contribution is 2.28. The van der Waals surface area contributed by atoms with E-state index in [0.717, 1.165) is 16.0 Å². The number of nitrogens with one attached hydrogen (secondary N) is 1. The van der Waals surface area contributed by atoms with E-state index >= 15 is 0 Å². The van der Waals surface area contributed by atoms with Crippen molar-refractivity contribution in [1.82, 2.24) is 25.1 Å². The highest BCUT2D eigenvalue weighted by atomic mass is 32.1. The Morgan fingerprint density at radius 1 is 1.29 bits per heavy atom. The smallest absolute Gasteiger partial charge is 0.251 e. The summed E-state index contributed by atoms with van der Waals surface area (Å²) in [5.41, 5.74) is 3.36. The summed E-state index contributed by atoms with van der Waals surface area (Å²) in [6.45, 7) is 0.399. The van der Waals surface area contributed by atoms with Crippen LogP contribution < -0.4 is 5.32 Å². The maximum absolute atomic E-state index is 12.4. The fraction of sp³-hybridized carbons (Fsp3) is 0.412. The lowest BCUT2D eigenvalue weighted by atomic mass is 9.95. The Morgan fingerprint density at radius 3 is 3.04 bits per heavy atom. The van der Waals surface area contributed by atoms with Crippen molar-refractivity contribution in [3.63, 3.8) is 0 Å². The Labute approximate surface area is 143 Å². The van der Waals surface area contributed by atoms with Crippen molar-refractivity contribution in [3.8, 4) is 0 Å². The first-order valence-corrected chi connectivity index (χ1v) is 9.19. The van der Waals surface area contributed by atoms with Crippen LogP contribution >= 0.6 is 11.3 Å². The van der Waals surface area contributed by atoms with Gasteiger partial charge in [-0.15, -0.1) is 21.5 Å². The van der Waals surface area contributed by atoms with Gasteiger partial charge >= 0.3 is 0 Å². The van der Waals surface area contributed by atoms with E-state index in [9.17, 15) is 4.79 Å². The molecule has 0 saturated heterocycles. The molecule has 1 fully saturated rings. The van der Waals surface area contributed by atoms with E-state index in [2.05, 4.69) is 25.1 Å². The summed E-state index contributed by atoms with van der Waals surface area (Å²) in [5.74, 6) is 0.734. The molecule has 1 aliphatic rings. The molecule has 2 aromatic heterocycles. The van der Waals surface area contributed by atoms with Crippen molar-refractivity contribution in [2.75, 3.05) is 0 Å². The van der Waals surface area contributed by atoms with Gasteiger partial charge in [-0.25, -0.2) is 4.98 Å². The number of fused-ring (bicyclic) bond motifs is 1. The summed E-state index contributed by atoms with van der Waals surface area (Å²) in [4.78, 5) is 16.6. The number of carbonyl (C=O) groups is 1. The summed E-state index contributed by atoms with van der Waals surface area (Å²) >= 11 is 1.54.